The van der Waals surface area contributed by atoms with Crippen molar-refractivity contribution >= 4 is 70.7 Å². The van der Waals surface area contributed by atoms with Crippen LogP contribution in [0.2, 0.25) is 0.0125 Å². The summed E-state index contributed by atoms with van der Waals surface area (Å²) in [4.78, 5) is 0. The summed E-state index contributed by atoms with van der Waals surface area (Å²) in [5.41, 5.74) is 0. The van der Waals surface area contributed by atoms with Gasteiger partial charge in [-0.2, -0.15) is 0 Å². The average Bonchev–Trinajstić information content (AvgIpc) is 1.66. The smallest absolute Gasteiger partial charge is 0.418 e. The summed E-state index contributed by atoms with van der Waals surface area (Å²) in [6, 6.07) is 0. The molecule has 0 nitrogen and oxygen atoms in total. The molecule has 0 aromatic carbocycles. The molecule has 19 heavy (non-hydrogen) atoms. The molecule has 0 amide bonds. The van der Waals surface area contributed by atoms with Crippen LogP contribution in [0.4, 0.5) is 51.8 Å². The molecule has 0 aliphatic heterocycles. The molecule has 0 heterocycles. The summed E-state index contributed by atoms with van der Waals surface area (Å²) in [6.07, 6.45) is 0. The third kappa shape index (κ3) is 5580. The van der Waals surface area contributed by atoms with Gasteiger partial charge in [-0.15, -0.1) is 0 Å². The molecule has 0 saturated heterocycles. The van der Waals surface area contributed by atoms with Crippen LogP contribution in [0.15, 0.2) is 0 Å². The summed E-state index contributed by atoms with van der Waals surface area (Å²) in [5, 5.41) is 0. The Kier molecular flexibility index (Phi) is 18.9. The van der Waals surface area contributed by atoms with E-state index in [1.807, 2.05) is 0 Å². The van der Waals surface area contributed by atoms with E-state index in [1.54, 1.807) is 0 Å². The van der Waals surface area contributed by atoms with Gasteiger partial charge < -0.3 is 51.8 Å². The maximum absolute atomic E-state index is 9.75. The van der Waals surface area contributed by atoms with E-state index >= 15 is 0 Å². The van der Waals surface area contributed by atoms with E-state index in [4.69, 9.17) is 0 Å². The number of halogens is 12. The maximum Gasteiger partial charge on any atom is 0.673 e. The first-order valence-corrected chi connectivity index (χ1v) is 6.15. The SMILES string of the molecule is C[CH](C)[K].F[B-](F)(F)F.F[B-](F)(F)F.F[B-](F)(F)F. The number of hydrogen-bond acceptors (Lipinski definition) is 0. The fourth-order valence-corrected chi connectivity index (χ4v) is 0. The molecule has 0 atom stereocenters. The van der Waals surface area contributed by atoms with E-state index in [-0.39, 0.29) is 0 Å². The van der Waals surface area contributed by atoms with E-state index in [9.17, 15) is 51.8 Å². The monoisotopic (exact) mass is 343 g/mol. The van der Waals surface area contributed by atoms with Crippen molar-refractivity contribution in [1.29, 1.82) is 0 Å². The zero-order valence-electron chi connectivity index (χ0n) is 9.84. The van der Waals surface area contributed by atoms with Gasteiger partial charge in [-0.3, -0.25) is 0 Å². The molecule has 0 saturated carbocycles. The zero-order valence-corrected chi connectivity index (χ0v) is 13.0. The molecule has 116 valence electrons. The van der Waals surface area contributed by atoms with Gasteiger partial charge in [0.15, 0.2) is 0 Å². The van der Waals surface area contributed by atoms with Crippen LogP contribution in [0.1, 0.15) is 13.8 Å². The molecule has 0 aliphatic rings. The van der Waals surface area contributed by atoms with Crippen LogP contribution in [0.3, 0.4) is 0 Å². The fraction of sp³-hybridized carbons (Fsp3) is 1.00. The quantitative estimate of drug-likeness (QED) is 0.434. The Bertz CT molecular complexity index is 133. The minimum Gasteiger partial charge on any atom is -0.418 e. The van der Waals surface area contributed by atoms with Crippen LogP contribution in [0.25, 0.3) is 0 Å². The molecule has 0 N–H and O–H groups in total. The average molecular weight is 343 g/mol. The first-order valence-electron chi connectivity index (χ1n) is 4.35. The van der Waals surface area contributed by atoms with Crippen LogP contribution in [0, 0.1) is 0 Å². The molecule has 0 unspecified atom stereocenters. The van der Waals surface area contributed by atoms with E-state index < -0.39 is 21.8 Å². The van der Waals surface area contributed by atoms with Crippen molar-refractivity contribution in [3.05, 3.63) is 0 Å². The van der Waals surface area contributed by atoms with Crippen molar-refractivity contribution in [3.63, 3.8) is 0 Å². The molecular formula is C3H7B3F12K-3. The van der Waals surface area contributed by atoms with E-state index in [1.165, 1.54) is 0 Å². The molecule has 0 aromatic rings. The summed E-state index contributed by atoms with van der Waals surface area (Å²) in [7, 11) is -18.0. The van der Waals surface area contributed by atoms with Crippen molar-refractivity contribution in [2.75, 3.05) is 0 Å². The fourth-order valence-electron chi connectivity index (χ4n) is 0. The second-order valence-electron chi connectivity index (χ2n) is 3.22. The van der Waals surface area contributed by atoms with Gasteiger partial charge in [0.25, 0.3) is 0 Å². The second kappa shape index (κ2) is 12.7. The van der Waals surface area contributed by atoms with Crippen LogP contribution in [-0.2, 0) is 0 Å². The van der Waals surface area contributed by atoms with Gasteiger partial charge in [0, 0.05) is 0 Å². The minimum absolute atomic E-state index is 1.02. The van der Waals surface area contributed by atoms with Crippen molar-refractivity contribution in [2.24, 2.45) is 0 Å². The largest absolute Gasteiger partial charge is 0.673 e. The third-order valence-corrected chi connectivity index (χ3v) is 0. The molecule has 0 fully saturated rings. The van der Waals surface area contributed by atoms with Gasteiger partial charge in [0.1, 0.15) is 0 Å². The van der Waals surface area contributed by atoms with E-state index in [0.717, 1.165) is 49.0 Å². The molecule has 0 spiro atoms. The standard InChI is InChI=1S/C3H7.3BF4.K/c1-3-2;3*2-1(3,4)5;/h3H,1-2H3;;;;/q;3*-1;. The first kappa shape index (κ1) is 28.2. The first-order chi connectivity index (χ1) is 7.73. The summed E-state index contributed by atoms with van der Waals surface area (Å²) >= 11 is 1.06. The van der Waals surface area contributed by atoms with Gasteiger partial charge in [-0.25, -0.2) is 0 Å². The maximum atomic E-state index is 9.75. The van der Waals surface area contributed by atoms with Gasteiger partial charge in [-0.05, 0) is 0 Å². The van der Waals surface area contributed by atoms with Crippen LogP contribution < -0.4 is 0 Å². The number of rotatable bonds is 0. The van der Waals surface area contributed by atoms with Crippen molar-refractivity contribution in [2.45, 2.75) is 13.9 Å². The van der Waals surface area contributed by atoms with Gasteiger partial charge >= 0.3 is 84.6 Å². The Morgan fingerprint density at radius 3 is 0.526 bits per heavy atom. The van der Waals surface area contributed by atoms with Crippen LogP contribution in [0.5, 0.6) is 0 Å². The predicted molar refractivity (Wildman–Crippen MR) is 51.4 cm³/mol. The van der Waals surface area contributed by atoms with Crippen LogP contribution in [-0.4, -0.2) is 70.7 Å². The predicted octanol–water partition coefficient (Wildman–Crippen LogP) is 4.88. The Labute approximate surface area is 135 Å². The molecule has 0 aliphatic carbocycles. The Balaban J connectivity index is -0.0000000793. The van der Waals surface area contributed by atoms with Crippen molar-refractivity contribution in [1.82, 2.24) is 0 Å². The molecule has 0 radical (unpaired) electrons. The van der Waals surface area contributed by atoms with Gasteiger partial charge in [0.2, 0.25) is 0 Å². The van der Waals surface area contributed by atoms with E-state index in [2.05, 4.69) is 13.8 Å². The third-order valence-electron chi connectivity index (χ3n) is 0. The summed E-state index contributed by atoms with van der Waals surface area (Å²) < 4.78 is 118. The molecule has 0 bridgehead atoms. The molecule has 0 aromatic heterocycles. The van der Waals surface area contributed by atoms with E-state index in [0.29, 0.717) is 0 Å². The Hall–Kier alpha value is 0.991. The summed E-state index contributed by atoms with van der Waals surface area (Å²) in [6.45, 7) is 4.50. The number of hydrogen-bond donors (Lipinski definition) is 0. The minimum atomic E-state index is -6.00. The van der Waals surface area contributed by atoms with Crippen molar-refractivity contribution in [3.8, 4) is 0 Å². The Morgan fingerprint density at radius 1 is 0.526 bits per heavy atom. The summed E-state index contributed by atoms with van der Waals surface area (Å²) in [5.74, 6) is 0. The second-order valence-corrected chi connectivity index (χ2v) is 6.82. The molecule has 16 heteroatoms. The Morgan fingerprint density at radius 2 is 0.526 bits per heavy atom. The molecule has 0 rings (SSSR count). The molecular weight excluding hydrogens is 336 g/mol. The van der Waals surface area contributed by atoms with Gasteiger partial charge in [-0.1, -0.05) is 0 Å². The van der Waals surface area contributed by atoms with Crippen molar-refractivity contribution < 1.29 is 51.8 Å². The topological polar surface area (TPSA) is 0 Å². The normalized spacial score (nSPS) is 11.4. The van der Waals surface area contributed by atoms with Crippen LogP contribution >= 0.6 is 0 Å². The van der Waals surface area contributed by atoms with Gasteiger partial charge in [0.05, 0.1) is 0 Å². The zero-order chi connectivity index (χ0) is 17.1.